The number of fused-ring (bicyclic) bond motifs is 1. The van der Waals surface area contributed by atoms with E-state index in [1.54, 1.807) is 6.20 Å². The van der Waals surface area contributed by atoms with Gasteiger partial charge in [0.15, 0.2) is 0 Å². The number of pyridine rings is 1. The molecule has 3 heteroatoms. The molecule has 0 unspecified atom stereocenters. The van der Waals surface area contributed by atoms with Crippen molar-refractivity contribution in [2.75, 3.05) is 6.54 Å². The van der Waals surface area contributed by atoms with E-state index in [0.717, 1.165) is 10.9 Å². The van der Waals surface area contributed by atoms with Crippen LogP contribution >= 0.6 is 0 Å². The maximum atomic E-state index is 12.6. The highest BCUT2D eigenvalue weighted by Gasteiger charge is 2.14. The van der Waals surface area contributed by atoms with E-state index in [2.05, 4.69) is 49.3 Å². The number of carbonyl (C=O) groups excluding carboxylic acids is 1. The average molecular weight is 318 g/mol. The number of para-hydroxylation sites is 1. The topological polar surface area (TPSA) is 42.0 Å². The van der Waals surface area contributed by atoms with Gasteiger partial charge >= 0.3 is 0 Å². The number of benzene rings is 2. The smallest absolute Gasteiger partial charge is 0.253 e. The lowest BCUT2D eigenvalue weighted by atomic mass is 9.94. The molecule has 2 aromatic carbocycles. The highest BCUT2D eigenvalue weighted by molar-refractivity contribution is 6.05. The Hall–Kier alpha value is -2.68. The van der Waals surface area contributed by atoms with Gasteiger partial charge in [0.25, 0.3) is 5.91 Å². The van der Waals surface area contributed by atoms with Gasteiger partial charge in [0.2, 0.25) is 0 Å². The number of carbonyl (C=O) groups is 1. The summed E-state index contributed by atoms with van der Waals surface area (Å²) in [5.41, 5.74) is 5.16. The number of hydrogen-bond acceptors (Lipinski definition) is 2. The summed E-state index contributed by atoms with van der Waals surface area (Å²) in [6.07, 6.45) is 1.72. The molecule has 1 amide bonds. The van der Waals surface area contributed by atoms with Crippen molar-refractivity contribution in [1.29, 1.82) is 0 Å². The average Bonchev–Trinajstić information content (AvgIpc) is 2.61. The summed E-state index contributed by atoms with van der Waals surface area (Å²) < 4.78 is 0. The van der Waals surface area contributed by atoms with Crippen molar-refractivity contribution in [2.45, 2.75) is 26.7 Å². The summed E-state index contributed by atoms with van der Waals surface area (Å²) >= 11 is 0. The molecular formula is C21H22N2O. The Balaban J connectivity index is 1.76. The lowest BCUT2D eigenvalue weighted by Crippen LogP contribution is -2.28. The van der Waals surface area contributed by atoms with Crippen LogP contribution in [0.3, 0.4) is 0 Å². The van der Waals surface area contributed by atoms with Crippen LogP contribution in [-0.2, 0) is 0 Å². The van der Waals surface area contributed by atoms with Gasteiger partial charge < -0.3 is 5.32 Å². The van der Waals surface area contributed by atoms with Crippen LogP contribution in [0, 0.1) is 13.8 Å². The van der Waals surface area contributed by atoms with E-state index in [-0.39, 0.29) is 11.8 Å². The normalized spacial score (nSPS) is 12.1. The van der Waals surface area contributed by atoms with Gasteiger partial charge in [-0.1, -0.05) is 48.9 Å². The molecule has 0 saturated carbocycles. The van der Waals surface area contributed by atoms with Gasteiger partial charge in [-0.15, -0.1) is 0 Å². The molecule has 0 saturated heterocycles. The molecule has 24 heavy (non-hydrogen) atoms. The predicted octanol–water partition coefficient (Wildman–Crippen LogP) is 4.39. The first-order chi connectivity index (χ1) is 11.6. The molecular weight excluding hydrogens is 296 g/mol. The Morgan fingerprint density at radius 3 is 2.75 bits per heavy atom. The largest absolute Gasteiger partial charge is 0.351 e. The van der Waals surface area contributed by atoms with Gasteiger partial charge in [-0.3, -0.25) is 9.78 Å². The fourth-order valence-electron chi connectivity index (χ4n) is 3.03. The quantitative estimate of drug-likeness (QED) is 0.775. The van der Waals surface area contributed by atoms with Crippen molar-refractivity contribution >= 4 is 16.8 Å². The van der Waals surface area contributed by atoms with Crippen molar-refractivity contribution in [3.05, 3.63) is 77.0 Å². The lowest BCUT2D eigenvalue weighted by Gasteiger charge is -2.16. The molecule has 3 rings (SSSR count). The number of amides is 1. The molecule has 0 spiro atoms. The Kier molecular flexibility index (Phi) is 4.61. The molecule has 0 aliphatic carbocycles. The molecule has 0 fully saturated rings. The van der Waals surface area contributed by atoms with Crippen LogP contribution in [0.2, 0.25) is 0 Å². The maximum absolute atomic E-state index is 12.6. The molecule has 1 aromatic heterocycles. The summed E-state index contributed by atoms with van der Waals surface area (Å²) in [4.78, 5) is 16.9. The SMILES string of the molecule is Cc1ccc(C)c([C@@H](C)CNC(=O)c2cccc3cccnc23)c1. The van der Waals surface area contributed by atoms with Gasteiger partial charge in [0.05, 0.1) is 11.1 Å². The first-order valence-electron chi connectivity index (χ1n) is 8.25. The zero-order chi connectivity index (χ0) is 17.1. The second-order valence-corrected chi connectivity index (χ2v) is 6.35. The van der Waals surface area contributed by atoms with Gasteiger partial charge in [-0.2, -0.15) is 0 Å². The maximum Gasteiger partial charge on any atom is 0.253 e. The van der Waals surface area contributed by atoms with Gasteiger partial charge in [-0.05, 0) is 43.0 Å². The number of aryl methyl sites for hydroxylation is 2. The van der Waals surface area contributed by atoms with Gasteiger partial charge in [-0.25, -0.2) is 0 Å². The van der Waals surface area contributed by atoms with E-state index in [1.165, 1.54) is 16.7 Å². The van der Waals surface area contributed by atoms with Crippen molar-refractivity contribution in [2.24, 2.45) is 0 Å². The van der Waals surface area contributed by atoms with Crippen LogP contribution in [0.4, 0.5) is 0 Å². The zero-order valence-corrected chi connectivity index (χ0v) is 14.3. The Morgan fingerprint density at radius 1 is 1.12 bits per heavy atom. The minimum absolute atomic E-state index is 0.0727. The van der Waals surface area contributed by atoms with Gasteiger partial charge in [0, 0.05) is 18.1 Å². The van der Waals surface area contributed by atoms with Crippen LogP contribution in [0.5, 0.6) is 0 Å². The Bertz CT molecular complexity index is 881. The number of rotatable bonds is 4. The Labute approximate surface area is 142 Å². The van der Waals surface area contributed by atoms with E-state index in [4.69, 9.17) is 0 Å². The molecule has 1 heterocycles. The molecule has 0 aliphatic heterocycles. The summed E-state index contributed by atoms with van der Waals surface area (Å²) in [7, 11) is 0. The number of aromatic nitrogens is 1. The van der Waals surface area contributed by atoms with Crippen molar-refractivity contribution in [3.63, 3.8) is 0 Å². The van der Waals surface area contributed by atoms with E-state index in [0.29, 0.717) is 12.1 Å². The fraction of sp³-hybridized carbons (Fsp3) is 0.238. The third kappa shape index (κ3) is 3.30. The molecule has 0 radical (unpaired) electrons. The first kappa shape index (κ1) is 16.2. The summed E-state index contributed by atoms with van der Waals surface area (Å²) in [5, 5.41) is 4.04. The molecule has 3 nitrogen and oxygen atoms in total. The van der Waals surface area contributed by atoms with Crippen LogP contribution < -0.4 is 5.32 Å². The number of nitrogens with zero attached hydrogens (tertiary/aromatic N) is 1. The van der Waals surface area contributed by atoms with E-state index in [1.807, 2.05) is 30.3 Å². The minimum Gasteiger partial charge on any atom is -0.351 e. The van der Waals surface area contributed by atoms with Crippen molar-refractivity contribution < 1.29 is 4.79 Å². The van der Waals surface area contributed by atoms with E-state index in [9.17, 15) is 4.79 Å². The minimum atomic E-state index is -0.0727. The highest BCUT2D eigenvalue weighted by Crippen LogP contribution is 2.21. The summed E-state index contributed by atoms with van der Waals surface area (Å²) in [6.45, 7) is 6.95. The van der Waals surface area contributed by atoms with Crippen LogP contribution in [0.15, 0.2) is 54.7 Å². The predicted molar refractivity (Wildman–Crippen MR) is 98.4 cm³/mol. The van der Waals surface area contributed by atoms with E-state index >= 15 is 0 Å². The van der Waals surface area contributed by atoms with E-state index < -0.39 is 0 Å². The number of hydrogen-bond donors (Lipinski definition) is 1. The van der Waals surface area contributed by atoms with Crippen LogP contribution in [0.1, 0.15) is 39.9 Å². The summed E-state index contributed by atoms with van der Waals surface area (Å²) in [5.74, 6) is 0.188. The second-order valence-electron chi connectivity index (χ2n) is 6.35. The molecule has 0 aliphatic rings. The lowest BCUT2D eigenvalue weighted by molar-refractivity contribution is 0.0953. The monoisotopic (exact) mass is 318 g/mol. The van der Waals surface area contributed by atoms with Crippen LogP contribution in [-0.4, -0.2) is 17.4 Å². The highest BCUT2D eigenvalue weighted by atomic mass is 16.1. The van der Waals surface area contributed by atoms with Crippen molar-refractivity contribution in [1.82, 2.24) is 10.3 Å². The molecule has 1 atom stereocenters. The molecule has 0 bridgehead atoms. The molecule has 122 valence electrons. The zero-order valence-electron chi connectivity index (χ0n) is 14.3. The van der Waals surface area contributed by atoms with Gasteiger partial charge in [0.1, 0.15) is 0 Å². The third-order valence-corrected chi connectivity index (χ3v) is 4.41. The number of nitrogens with one attached hydrogen (secondary N) is 1. The molecule has 3 aromatic rings. The Morgan fingerprint density at radius 2 is 1.92 bits per heavy atom. The third-order valence-electron chi connectivity index (χ3n) is 4.41. The van der Waals surface area contributed by atoms with Crippen molar-refractivity contribution in [3.8, 4) is 0 Å². The molecule has 1 N–H and O–H groups in total. The first-order valence-corrected chi connectivity index (χ1v) is 8.25. The van der Waals surface area contributed by atoms with Crippen LogP contribution in [0.25, 0.3) is 10.9 Å². The summed E-state index contributed by atoms with van der Waals surface area (Å²) in [6, 6.07) is 16.0. The second kappa shape index (κ2) is 6.83. The standard InChI is InChI=1S/C21H22N2O/c1-14-9-10-15(2)19(12-14)16(3)13-23-21(24)18-8-4-6-17-7-5-11-22-20(17)18/h4-12,16H,13H2,1-3H3,(H,23,24)/t16-/m0/s1. The fourth-order valence-corrected chi connectivity index (χ4v) is 3.03.